The molecule has 29 heavy (non-hydrogen) atoms. The van der Waals surface area contributed by atoms with Gasteiger partial charge in [-0.3, -0.25) is 9.59 Å². The van der Waals surface area contributed by atoms with E-state index in [1.54, 1.807) is 12.1 Å². The molecule has 1 heterocycles. The minimum absolute atomic E-state index is 0.168. The Balaban J connectivity index is 1.48. The second-order valence-electron chi connectivity index (χ2n) is 7.21. The van der Waals surface area contributed by atoms with Gasteiger partial charge in [0.25, 0.3) is 5.91 Å². The van der Waals surface area contributed by atoms with Crippen molar-refractivity contribution in [3.63, 3.8) is 0 Å². The summed E-state index contributed by atoms with van der Waals surface area (Å²) in [5, 5.41) is 3.62. The average Bonchev–Trinajstić information content (AvgIpc) is 2.95. The van der Waals surface area contributed by atoms with Crippen molar-refractivity contribution in [1.82, 2.24) is 10.2 Å². The van der Waals surface area contributed by atoms with Gasteiger partial charge in [-0.1, -0.05) is 42.3 Å². The lowest BCUT2D eigenvalue weighted by Gasteiger charge is -2.20. The Morgan fingerprint density at radius 1 is 1.07 bits per heavy atom. The highest BCUT2D eigenvalue weighted by atomic mass is 35.5. The van der Waals surface area contributed by atoms with Gasteiger partial charge < -0.3 is 15.0 Å². The van der Waals surface area contributed by atoms with Gasteiger partial charge in [-0.2, -0.15) is 0 Å². The van der Waals surface area contributed by atoms with Crippen molar-refractivity contribution in [3.05, 3.63) is 64.7 Å². The zero-order valence-corrected chi connectivity index (χ0v) is 17.3. The lowest BCUT2D eigenvalue weighted by Crippen LogP contribution is -2.34. The SMILES string of the molecule is O=C(NCCCN1CCCCCC1=O)c1ccccc1OCc1ccc(Cl)cc1. The molecule has 1 fully saturated rings. The molecule has 0 radical (unpaired) electrons. The molecule has 5 nitrogen and oxygen atoms in total. The fourth-order valence-electron chi connectivity index (χ4n) is 3.36. The van der Waals surface area contributed by atoms with E-state index in [4.69, 9.17) is 16.3 Å². The van der Waals surface area contributed by atoms with Crippen molar-refractivity contribution in [2.24, 2.45) is 0 Å². The fraction of sp³-hybridized carbons (Fsp3) is 0.391. The Labute approximate surface area is 177 Å². The number of benzene rings is 2. The lowest BCUT2D eigenvalue weighted by molar-refractivity contribution is -0.130. The molecule has 0 saturated carbocycles. The molecule has 1 N–H and O–H groups in total. The molecule has 6 heteroatoms. The van der Waals surface area contributed by atoms with Crippen LogP contribution in [-0.4, -0.2) is 36.3 Å². The minimum Gasteiger partial charge on any atom is -0.488 e. The van der Waals surface area contributed by atoms with Crippen LogP contribution in [-0.2, 0) is 11.4 Å². The van der Waals surface area contributed by atoms with E-state index in [2.05, 4.69) is 5.32 Å². The third-order valence-electron chi connectivity index (χ3n) is 5.00. The van der Waals surface area contributed by atoms with Crippen LogP contribution in [0.4, 0.5) is 0 Å². The van der Waals surface area contributed by atoms with Crippen LogP contribution in [0.25, 0.3) is 0 Å². The Bertz CT molecular complexity index is 823. The van der Waals surface area contributed by atoms with Crippen LogP contribution in [0.2, 0.25) is 5.02 Å². The number of carbonyl (C=O) groups is 2. The van der Waals surface area contributed by atoms with Crippen LogP contribution in [0.1, 0.15) is 48.0 Å². The molecule has 0 atom stereocenters. The van der Waals surface area contributed by atoms with Gasteiger partial charge in [0.2, 0.25) is 5.91 Å². The quantitative estimate of drug-likeness (QED) is 0.649. The maximum Gasteiger partial charge on any atom is 0.255 e. The maximum atomic E-state index is 12.6. The van der Waals surface area contributed by atoms with Gasteiger partial charge in [0, 0.05) is 31.1 Å². The predicted molar refractivity (Wildman–Crippen MR) is 114 cm³/mol. The Morgan fingerprint density at radius 3 is 2.69 bits per heavy atom. The van der Waals surface area contributed by atoms with Gasteiger partial charge in [0.1, 0.15) is 12.4 Å². The molecule has 2 aromatic rings. The first-order chi connectivity index (χ1) is 14.1. The maximum absolute atomic E-state index is 12.6. The first-order valence-electron chi connectivity index (χ1n) is 10.2. The number of nitrogens with one attached hydrogen (secondary N) is 1. The molecule has 1 saturated heterocycles. The standard InChI is InChI=1S/C23H27ClN2O3/c24-19-12-10-18(11-13-19)17-29-21-8-4-3-7-20(21)23(28)25-14-6-16-26-15-5-1-2-9-22(26)27/h3-4,7-8,10-13H,1-2,5-6,9,14-17H2,(H,25,28). The first-order valence-corrected chi connectivity index (χ1v) is 10.5. The number of ether oxygens (including phenoxy) is 1. The van der Waals surface area contributed by atoms with E-state index >= 15 is 0 Å². The Morgan fingerprint density at radius 2 is 1.86 bits per heavy atom. The first kappa shape index (κ1) is 21.2. The normalized spacial score (nSPS) is 14.4. The molecule has 2 aromatic carbocycles. The van der Waals surface area contributed by atoms with Crippen molar-refractivity contribution in [2.45, 2.75) is 38.7 Å². The highest BCUT2D eigenvalue weighted by Crippen LogP contribution is 2.20. The minimum atomic E-state index is -0.168. The van der Waals surface area contributed by atoms with E-state index in [1.807, 2.05) is 41.3 Å². The summed E-state index contributed by atoms with van der Waals surface area (Å²) < 4.78 is 5.86. The number of para-hydroxylation sites is 1. The van der Waals surface area contributed by atoms with E-state index in [-0.39, 0.29) is 11.8 Å². The zero-order valence-electron chi connectivity index (χ0n) is 16.5. The van der Waals surface area contributed by atoms with Gasteiger partial charge in [0.05, 0.1) is 5.56 Å². The van der Waals surface area contributed by atoms with E-state index < -0.39 is 0 Å². The number of nitrogens with zero attached hydrogens (tertiary/aromatic N) is 1. The van der Waals surface area contributed by atoms with Gasteiger partial charge in [0.15, 0.2) is 0 Å². The largest absolute Gasteiger partial charge is 0.488 e. The molecular formula is C23H27ClN2O3. The van der Waals surface area contributed by atoms with Crippen LogP contribution in [0.5, 0.6) is 5.75 Å². The number of hydrogen-bond acceptors (Lipinski definition) is 3. The molecule has 3 rings (SSSR count). The summed E-state index contributed by atoms with van der Waals surface area (Å²) in [6.45, 7) is 2.40. The summed E-state index contributed by atoms with van der Waals surface area (Å²) in [6, 6.07) is 14.6. The van der Waals surface area contributed by atoms with Crippen molar-refractivity contribution in [1.29, 1.82) is 0 Å². The van der Waals surface area contributed by atoms with Crippen molar-refractivity contribution >= 4 is 23.4 Å². The number of likely N-dealkylation sites (tertiary alicyclic amines) is 1. The molecule has 1 aliphatic heterocycles. The van der Waals surface area contributed by atoms with Crippen molar-refractivity contribution in [2.75, 3.05) is 19.6 Å². The van der Waals surface area contributed by atoms with E-state index in [1.165, 1.54) is 0 Å². The number of amides is 2. The number of carbonyl (C=O) groups excluding carboxylic acids is 2. The van der Waals surface area contributed by atoms with Crippen LogP contribution < -0.4 is 10.1 Å². The summed E-state index contributed by atoms with van der Waals surface area (Å²) in [6.07, 6.45) is 4.55. The molecule has 0 unspecified atom stereocenters. The molecular weight excluding hydrogens is 388 g/mol. The van der Waals surface area contributed by atoms with Gasteiger partial charge >= 0.3 is 0 Å². The second kappa shape index (κ2) is 10.9. The smallest absolute Gasteiger partial charge is 0.255 e. The number of halogens is 1. The molecule has 1 aliphatic rings. The Hall–Kier alpha value is -2.53. The van der Waals surface area contributed by atoms with Crippen LogP contribution >= 0.6 is 11.6 Å². The summed E-state index contributed by atoms with van der Waals surface area (Å²) in [5.74, 6) is 0.608. The van der Waals surface area contributed by atoms with E-state index in [0.717, 1.165) is 37.8 Å². The predicted octanol–water partition coefficient (Wildman–Crippen LogP) is 4.44. The molecule has 2 amide bonds. The Kier molecular flexibility index (Phi) is 7.94. The van der Waals surface area contributed by atoms with E-state index in [0.29, 0.717) is 42.5 Å². The zero-order chi connectivity index (χ0) is 20.5. The summed E-state index contributed by atoms with van der Waals surface area (Å²) in [4.78, 5) is 26.6. The highest BCUT2D eigenvalue weighted by Gasteiger charge is 2.16. The topological polar surface area (TPSA) is 58.6 Å². The van der Waals surface area contributed by atoms with Crippen LogP contribution in [0.15, 0.2) is 48.5 Å². The number of hydrogen-bond donors (Lipinski definition) is 1. The van der Waals surface area contributed by atoms with E-state index in [9.17, 15) is 9.59 Å². The number of rotatable bonds is 8. The fourth-order valence-corrected chi connectivity index (χ4v) is 3.49. The average molecular weight is 415 g/mol. The van der Waals surface area contributed by atoms with Gasteiger partial charge in [-0.05, 0) is 49.1 Å². The van der Waals surface area contributed by atoms with Gasteiger partial charge in [-0.15, -0.1) is 0 Å². The summed E-state index contributed by atoms with van der Waals surface area (Å²) in [7, 11) is 0. The molecule has 154 valence electrons. The van der Waals surface area contributed by atoms with Gasteiger partial charge in [-0.25, -0.2) is 0 Å². The van der Waals surface area contributed by atoms with Crippen LogP contribution in [0, 0.1) is 0 Å². The second-order valence-corrected chi connectivity index (χ2v) is 7.65. The lowest BCUT2D eigenvalue weighted by atomic mass is 10.2. The van der Waals surface area contributed by atoms with Crippen LogP contribution in [0.3, 0.4) is 0 Å². The highest BCUT2D eigenvalue weighted by molar-refractivity contribution is 6.30. The summed E-state index contributed by atoms with van der Waals surface area (Å²) in [5.41, 5.74) is 1.49. The van der Waals surface area contributed by atoms with Crippen molar-refractivity contribution in [3.8, 4) is 5.75 Å². The monoisotopic (exact) mass is 414 g/mol. The third kappa shape index (κ3) is 6.50. The molecule has 0 bridgehead atoms. The molecule has 0 spiro atoms. The summed E-state index contributed by atoms with van der Waals surface area (Å²) >= 11 is 5.91. The third-order valence-corrected chi connectivity index (χ3v) is 5.25. The molecule has 0 aromatic heterocycles. The molecule has 0 aliphatic carbocycles. The van der Waals surface area contributed by atoms with Crippen molar-refractivity contribution < 1.29 is 14.3 Å².